The Kier molecular flexibility index (Phi) is 7.89. The Labute approximate surface area is 200 Å². The summed E-state index contributed by atoms with van der Waals surface area (Å²) in [6.07, 6.45) is 2.81. The Bertz CT molecular complexity index is 1070. The molecular weight excluding hydrogens is 466 g/mol. The van der Waals surface area contributed by atoms with Crippen LogP contribution in [0, 0.1) is 0 Å². The molecule has 1 aromatic carbocycles. The Morgan fingerprint density at radius 3 is 2.50 bits per heavy atom. The number of carbonyl (C=O) groups excluding carboxylic acids is 1. The van der Waals surface area contributed by atoms with E-state index in [0.717, 1.165) is 17.7 Å². The van der Waals surface area contributed by atoms with Gasteiger partial charge < -0.3 is 4.90 Å². The summed E-state index contributed by atoms with van der Waals surface area (Å²) in [5.41, 5.74) is 2.27. The number of sulfone groups is 1. The summed E-state index contributed by atoms with van der Waals surface area (Å²) in [7, 11) is -3.17. The number of carbonyl (C=O) groups is 1. The highest BCUT2D eigenvalue weighted by molar-refractivity contribution is 7.99. The molecule has 32 heavy (non-hydrogen) atoms. The largest absolute Gasteiger partial charge is 0.329 e. The van der Waals surface area contributed by atoms with Crippen molar-refractivity contribution in [3.8, 4) is 0 Å². The molecule has 174 valence electrons. The number of nitrogens with zero attached hydrogens (tertiary/aromatic N) is 3. The predicted molar refractivity (Wildman–Crippen MR) is 130 cm³/mol. The first-order valence-electron chi connectivity index (χ1n) is 10.8. The van der Waals surface area contributed by atoms with E-state index in [-0.39, 0.29) is 33.5 Å². The molecule has 1 aliphatic rings. The lowest BCUT2D eigenvalue weighted by atomic mass is 9.86. The molecule has 1 unspecified atom stereocenters. The van der Waals surface area contributed by atoms with Crippen molar-refractivity contribution in [2.45, 2.75) is 63.7 Å². The summed E-state index contributed by atoms with van der Waals surface area (Å²) >= 11 is 7.77. The van der Waals surface area contributed by atoms with Crippen LogP contribution in [0.2, 0.25) is 5.02 Å². The highest BCUT2D eigenvalue weighted by Crippen LogP contribution is 2.27. The summed E-state index contributed by atoms with van der Waals surface area (Å²) in [4.78, 5) is 23.8. The standard InChI is InChI=1S/C23H30ClN3O3S2/c1-5-11-31-22-25-13-19(24)20(26-22)21(28)27(18-10-12-32(29,30)15-18)14-16-6-8-17(9-7-16)23(2,3)4/h6-9,13,18H,5,10-12,14-15H2,1-4H3. The van der Waals surface area contributed by atoms with Gasteiger partial charge in [0.1, 0.15) is 0 Å². The van der Waals surface area contributed by atoms with Crippen LogP contribution in [0.25, 0.3) is 0 Å². The van der Waals surface area contributed by atoms with Gasteiger partial charge in [0.15, 0.2) is 20.7 Å². The first kappa shape index (κ1) is 25.0. The smallest absolute Gasteiger partial charge is 0.274 e. The van der Waals surface area contributed by atoms with Crippen LogP contribution in [0.4, 0.5) is 0 Å². The average molecular weight is 496 g/mol. The molecule has 3 rings (SSSR count). The number of amides is 1. The second kappa shape index (κ2) is 10.1. The third-order valence-corrected chi connectivity index (χ3v) is 8.54. The lowest BCUT2D eigenvalue weighted by molar-refractivity contribution is 0.0674. The Morgan fingerprint density at radius 2 is 1.94 bits per heavy atom. The van der Waals surface area contributed by atoms with Gasteiger partial charge in [-0.15, -0.1) is 0 Å². The maximum atomic E-state index is 13.6. The van der Waals surface area contributed by atoms with Crippen molar-refractivity contribution in [3.63, 3.8) is 0 Å². The van der Waals surface area contributed by atoms with E-state index >= 15 is 0 Å². The van der Waals surface area contributed by atoms with E-state index in [0.29, 0.717) is 18.1 Å². The SMILES string of the molecule is CCCSc1ncc(Cl)c(C(=O)N(Cc2ccc(C(C)(C)C)cc2)C2CCS(=O)(=O)C2)n1. The van der Waals surface area contributed by atoms with Crippen LogP contribution in [0.5, 0.6) is 0 Å². The highest BCUT2D eigenvalue weighted by atomic mass is 35.5. The van der Waals surface area contributed by atoms with Crippen LogP contribution in [-0.4, -0.2) is 52.5 Å². The molecule has 1 saturated heterocycles. The van der Waals surface area contributed by atoms with E-state index in [1.54, 1.807) is 4.90 Å². The summed E-state index contributed by atoms with van der Waals surface area (Å²) < 4.78 is 24.3. The molecule has 1 aromatic heterocycles. The monoisotopic (exact) mass is 495 g/mol. The predicted octanol–water partition coefficient (Wildman–Crippen LogP) is 4.76. The minimum atomic E-state index is -3.17. The van der Waals surface area contributed by atoms with Gasteiger partial charge in [-0.1, -0.05) is 75.3 Å². The molecule has 1 atom stereocenters. The van der Waals surface area contributed by atoms with E-state index < -0.39 is 15.9 Å². The molecule has 0 bridgehead atoms. The second-order valence-corrected chi connectivity index (χ2v) is 12.8. The van der Waals surface area contributed by atoms with Crippen molar-refractivity contribution >= 4 is 39.1 Å². The molecular formula is C23H30ClN3O3S2. The lowest BCUT2D eigenvalue weighted by Crippen LogP contribution is -2.41. The molecule has 0 radical (unpaired) electrons. The summed E-state index contributed by atoms with van der Waals surface area (Å²) in [5.74, 6) is 0.510. The fourth-order valence-corrected chi connectivity index (χ4v) is 6.17. The molecule has 0 spiro atoms. The summed E-state index contributed by atoms with van der Waals surface area (Å²) in [5, 5.41) is 0.665. The molecule has 2 heterocycles. The maximum Gasteiger partial charge on any atom is 0.274 e. The van der Waals surface area contributed by atoms with Crippen molar-refractivity contribution in [2.75, 3.05) is 17.3 Å². The zero-order chi connectivity index (χ0) is 23.5. The van der Waals surface area contributed by atoms with Crippen molar-refractivity contribution < 1.29 is 13.2 Å². The number of hydrogen-bond donors (Lipinski definition) is 0. The van der Waals surface area contributed by atoms with Gasteiger partial charge in [-0.2, -0.15) is 0 Å². The van der Waals surface area contributed by atoms with Crippen LogP contribution in [0.1, 0.15) is 62.2 Å². The van der Waals surface area contributed by atoms with Crippen LogP contribution < -0.4 is 0 Å². The molecule has 0 N–H and O–H groups in total. The zero-order valence-electron chi connectivity index (χ0n) is 19.0. The first-order valence-corrected chi connectivity index (χ1v) is 13.9. The van der Waals surface area contributed by atoms with Gasteiger partial charge >= 0.3 is 0 Å². The number of halogens is 1. The van der Waals surface area contributed by atoms with E-state index in [2.05, 4.69) is 49.8 Å². The molecule has 9 heteroatoms. The van der Waals surface area contributed by atoms with Gasteiger partial charge in [-0.25, -0.2) is 18.4 Å². The van der Waals surface area contributed by atoms with Gasteiger partial charge in [0, 0.05) is 18.3 Å². The maximum absolute atomic E-state index is 13.6. The van der Waals surface area contributed by atoms with Gasteiger partial charge in [-0.3, -0.25) is 4.79 Å². The fourth-order valence-electron chi connectivity index (χ4n) is 3.59. The molecule has 1 aliphatic heterocycles. The molecule has 2 aromatic rings. The van der Waals surface area contributed by atoms with Gasteiger partial charge in [0.25, 0.3) is 5.91 Å². The fraction of sp³-hybridized carbons (Fsp3) is 0.522. The zero-order valence-corrected chi connectivity index (χ0v) is 21.4. The molecule has 6 nitrogen and oxygen atoms in total. The molecule has 1 amide bonds. The van der Waals surface area contributed by atoms with Crippen LogP contribution in [0.15, 0.2) is 35.6 Å². The number of aromatic nitrogens is 2. The topological polar surface area (TPSA) is 80.2 Å². The van der Waals surface area contributed by atoms with Gasteiger partial charge in [-0.05, 0) is 29.4 Å². The van der Waals surface area contributed by atoms with Crippen LogP contribution in [-0.2, 0) is 21.8 Å². The molecule has 0 aliphatic carbocycles. The van der Waals surface area contributed by atoms with E-state index in [1.165, 1.54) is 23.5 Å². The Balaban J connectivity index is 1.92. The van der Waals surface area contributed by atoms with E-state index in [1.807, 2.05) is 12.1 Å². The Morgan fingerprint density at radius 1 is 1.25 bits per heavy atom. The van der Waals surface area contributed by atoms with Crippen molar-refractivity contribution in [3.05, 3.63) is 52.3 Å². The van der Waals surface area contributed by atoms with Crippen LogP contribution in [0.3, 0.4) is 0 Å². The minimum Gasteiger partial charge on any atom is -0.329 e. The third-order valence-electron chi connectivity index (χ3n) is 5.44. The number of benzene rings is 1. The lowest BCUT2D eigenvalue weighted by Gasteiger charge is -2.29. The molecule has 1 fully saturated rings. The normalized spacial score (nSPS) is 18.0. The molecule has 0 saturated carbocycles. The number of hydrogen-bond acceptors (Lipinski definition) is 6. The minimum absolute atomic E-state index is 0.0224. The van der Waals surface area contributed by atoms with Crippen molar-refractivity contribution in [1.82, 2.24) is 14.9 Å². The summed E-state index contributed by atoms with van der Waals surface area (Å²) in [6.45, 7) is 8.79. The van der Waals surface area contributed by atoms with Crippen LogP contribution >= 0.6 is 23.4 Å². The Hall–Kier alpha value is -1.64. The summed E-state index contributed by atoms with van der Waals surface area (Å²) in [6, 6.07) is 7.69. The highest BCUT2D eigenvalue weighted by Gasteiger charge is 2.36. The first-order chi connectivity index (χ1) is 15.0. The quantitative estimate of drug-likeness (QED) is 0.407. The van der Waals surface area contributed by atoms with Gasteiger partial charge in [0.2, 0.25) is 0 Å². The average Bonchev–Trinajstić information content (AvgIpc) is 3.10. The van der Waals surface area contributed by atoms with Crippen molar-refractivity contribution in [1.29, 1.82) is 0 Å². The third kappa shape index (κ3) is 6.23. The number of rotatable bonds is 7. The van der Waals surface area contributed by atoms with E-state index in [9.17, 15) is 13.2 Å². The number of thioether (sulfide) groups is 1. The van der Waals surface area contributed by atoms with Gasteiger partial charge in [0.05, 0.1) is 22.7 Å². The van der Waals surface area contributed by atoms with E-state index in [4.69, 9.17) is 11.6 Å². The van der Waals surface area contributed by atoms with Crippen molar-refractivity contribution in [2.24, 2.45) is 0 Å². The second-order valence-electron chi connectivity index (χ2n) is 9.13.